The molecule has 4 saturated carbocycles. The first-order valence-electron chi connectivity index (χ1n) is 14.7. The smallest absolute Gasteiger partial charge is 0.225 e. The molecule has 3 saturated heterocycles. The van der Waals surface area contributed by atoms with Crippen molar-refractivity contribution in [2.75, 3.05) is 49.2 Å². The molecule has 2 amide bonds. The molecule has 0 aromatic heterocycles. The summed E-state index contributed by atoms with van der Waals surface area (Å²) in [5.41, 5.74) is 0. The number of amides is 2. The molecule has 2 spiro atoms. The van der Waals surface area contributed by atoms with Crippen LogP contribution in [0.1, 0.15) is 64.2 Å². The van der Waals surface area contributed by atoms with Gasteiger partial charge in [-0.25, -0.2) is 0 Å². The predicted octanol–water partition coefficient (Wildman–Crippen LogP) is 5.66. The van der Waals surface area contributed by atoms with Gasteiger partial charge < -0.3 is 9.80 Å². The van der Waals surface area contributed by atoms with Crippen molar-refractivity contribution in [3.63, 3.8) is 0 Å². The molecule has 200 valence electrons. The van der Waals surface area contributed by atoms with Crippen LogP contribution in [0.5, 0.6) is 0 Å². The number of carbonyl (C=O) groups excluding carboxylic acids is 2. The van der Waals surface area contributed by atoms with Gasteiger partial charge in [0, 0.05) is 61.0 Å². The SMILES string of the molecule is O=C(C1CC2CCCC(C1)C21SCCS1)N1CCN(C(=O)C2CC3CCCC(C2)C32SCCS2)CC1. The molecular weight excluding hydrogens is 525 g/mol. The summed E-state index contributed by atoms with van der Waals surface area (Å²) in [6.45, 7) is 3.00. The highest BCUT2D eigenvalue weighted by Gasteiger charge is 2.57. The minimum absolute atomic E-state index is 0.227. The van der Waals surface area contributed by atoms with Gasteiger partial charge in [-0.15, -0.1) is 47.0 Å². The van der Waals surface area contributed by atoms with Crippen LogP contribution in [0.4, 0.5) is 0 Å². The average Bonchev–Trinajstić information content (AvgIpc) is 3.54. The van der Waals surface area contributed by atoms with E-state index in [2.05, 4.69) is 56.8 Å². The van der Waals surface area contributed by atoms with Crippen LogP contribution in [0.2, 0.25) is 0 Å². The highest BCUT2D eigenvalue weighted by atomic mass is 32.2. The van der Waals surface area contributed by atoms with E-state index in [1.165, 1.54) is 61.5 Å². The molecule has 7 rings (SSSR count). The Kier molecular flexibility index (Phi) is 7.08. The molecule has 4 aliphatic carbocycles. The van der Waals surface area contributed by atoms with E-state index < -0.39 is 0 Å². The standard InChI is InChI=1S/C28H42N2O2S4/c31-25(19-15-21-3-1-4-22(16-19)27(21)33-11-12-34-27)29-7-9-30(10-8-29)26(32)20-17-23-5-2-6-24(18-20)28(23)35-13-14-36-28/h19-24H,1-18H2. The summed E-state index contributed by atoms with van der Waals surface area (Å²) < 4.78 is 0.874. The molecule has 0 aromatic rings. The summed E-state index contributed by atoms with van der Waals surface area (Å²) in [4.78, 5) is 31.6. The lowest BCUT2D eigenvalue weighted by Crippen LogP contribution is -2.56. The summed E-state index contributed by atoms with van der Waals surface area (Å²) >= 11 is 8.91. The van der Waals surface area contributed by atoms with Crippen LogP contribution >= 0.6 is 47.0 Å². The van der Waals surface area contributed by atoms with Crippen LogP contribution in [-0.4, -0.2) is 79.0 Å². The summed E-state index contributed by atoms with van der Waals surface area (Å²) in [5, 5.41) is 0. The predicted molar refractivity (Wildman–Crippen MR) is 156 cm³/mol. The van der Waals surface area contributed by atoms with Crippen molar-refractivity contribution >= 4 is 58.9 Å². The molecular formula is C28H42N2O2S4. The van der Waals surface area contributed by atoms with Gasteiger partial charge in [0.1, 0.15) is 0 Å². The van der Waals surface area contributed by atoms with E-state index >= 15 is 0 Å². The van der Waals surface area contributed by atoms with Crippen LogP contribution < -0.4 is 0 Å². The monoisotopic (exact) mass is 566 g/mol. The topological polar surface area (TPSA) is 40.6 Å². The summed E-state index contributed by atoms with van der Waals surface area (Å²) in [5.74, 6) is 9.37. The maximum atomic E-state index is 13.6. The molecule has 4 nitrogen and oxygen atoms in total. The molecule has 0 aromatic carbocycles. The van der Waals surface area contributed by atoms with Gasteiger partial charge in [0.05, 0.1) is 8.16 Å². The summed E-state index contributed by atoms with van der Waals surface area (Å²) in [7, 11) is 0. The fourth-order valence-electron chi connectivity index (χ4n) is 9.29. The third kappa shape index (κ3) is 4.11. The Bertz CT molecular complexity index is 764. The van der Waals surface area contributed by atoms with Crippen LogP contribution in [0.25, 0.3) is 0 Å². The molecule has 0 radical (unpaired) electrons. The molecule has 4 unspecified atom stereocenters. The van der Waals surface area contributed by atoms with Gasteiger partial charge in [-0.2, -0.15) is 0 Å². The molecule has 7 aliphatic rings. The van der Waals surface area contributed by atoms with E-state index in [0.717, 1.165) is 75.5 Å². The zero-order valence-electron chi connectivity index (χ0n) is 21.5. The Morgan fingerprint density at radius 1 is 0.528 bits per heavy atom. The van der Waals surface area contributed by atoms with Gasteiger partial charge in [0.2, 0.25) is 11.8 Å². The van der Waals surface area contributed by atoms with Gasteiger partial charge in [0.25, 0.3) is 0 Å². The number of thioether (sulfide) groups is 4. The average molecular weight is 567 g/mol. The highest BCUT2D eigenvalue weighted by Crippen LogP contribution is 2.65. The minimum Gasteiger partial charge on any atom is -0.339 e. The Labute approximate surface area is 234 Å². The number of rotatable bonds is 2. The van der Waals surface area contributed by atoms with Crippen molar-refractivity contribution in [3.8, 4) is 0 Å². The Morgan fingerprint density at radius 3 is 1.14 bits per heavy atom. The van der Waals surface area contributed by atoms with Gasteiger partial charge in [-0.05, 0) is 75.0 Å². The van der Waals surface area contributed by atoms with Crippen molar-refractivity contribution in [1.82, 2.24) is 9.80 Å². The van der Waals surface area contributed by atoms with Crippen molar-refractivity contribution in [1.29, 1.82) is 0 Å². The van der Waals surface area contributed by atoms with Crippen molar-refractivity contribution in [3.05, 3.63) is 0 Å². The quantitative estimate of drug-likeness (QED) is 0.430. The Balaban J connectivity index is 0.951. The lowest BCUT2D eigenvalue weighted by molar-refractivity contribution is -0.147. The van der Waals surface area contributed by atoms with Gasteiger partial charge >= 0.3 is 0 Å². The number of carbonyl (C=O) groups is 2. The van der Waals surface area contributed by atoms with Gasteiger partial charge in [-0.1, -0.05) is 12.8 Å². The molecule has 36 heavy (non-hydrogen) atoms. The molecule has 0 N–H and O–H groups in total. The van der Waals surface area contributed by atoms with Crippen molar-refractivity contribution in [2.45, 2.75) is 72.4 Å². The third-order valence-corrected chi connectivity index (χ3v) is 18.9. The third-order valence-electron chi connectivity index (χ3n) is 10.8. The second kappa shape index (κ2) is 10.1. The minimum atomic E-state index is 0.227. The molecule has 4 bridgehead atoms. The molecule has 8 heteroatoms. The van der Waals surface area contributed by atoms with E-state index in [0.29, 0.717) is 20.0 Å². The van der Waals surface area contributed by atoms with Crippen LogP contribution in [-0.2, 0) is 9.59 Å². The van der Waals surface area contributed by atoms with Crippen LogP contribution in [0.15, 0.2) is 0 Å². The lowest BCUT2D eigenvalue weighted by Gasteiger charge is -2.53. The van der Waals surface area contributed by atoms with E-state index in [9.17, 15) is 9.59 Å². The maximum Gasteiger partial charge on any atom is 0.225 e. The second-order valence-electron chi connectivity index (χ2n) is 12.5. The zero-order chi connectivity index (χ0) is 24.3. The van der Waals surface area contributed by atoms with Gasteiger partial charge in [-0.3, -0.25) is 9.59 Å². The largest absolute Gasteiger partial charge is 0.339 e. The maximum absolute atomic E-state index is 13.6. The van der Waals surface area contributed by atoms with E-state index in [1.54, 1.807) is 0 Å². The molecule has 3 heterocycles. The molecule has 7 fully saturated rings. The number of hydrogen-bond acceptors (Lipinski definition) is 6. The first-order valence-corrected chi connectivity index (χ1v) is 18.7. The number of nitrogens with zero attached hydrogens (tertiary/aromatic N) is 2. The summed E-state index contributed by atoms with van der Waals surface area (Å²) in [6, 6.07) is 0. The van der Waals surface area contributed by atoms with Crippen LogP contribution in [0, 0.1) is 35.5 Å². The van der Waals surface area contributed by atoms with E-state index in [4.69, 9.17) is 0 Å². The van der Waals surface area contributed by atoms with E-state index in [-0.39, 0.29) is 11.8 Å². The summed E-state index contributed by atoms with van der Waals surface area (Å²) in [6.07, 6.45) is 12.5. The van der Waals surface area contributed by atoms with E-state index in [1.807, 2.05) is 0 Å². The van der Waals surface area contributed by atoms with Crippen molar-refractivity contribution < 1.29 is 9.59 Å². The molecule has 4 atom stereocenters. The Morgan fingerprint density at radius 2 is 0.833 bits per heavy atom. The fraction of sp³-hybridized carbons (Fsp3) is 0.929. The first kappa shape index (κ1) is 25.3. The molecule has 3 aliphatic heterocycles. The Hall–Kier alpha value is 0.340. The lowest BCUT2D eigenvalue weighted by atomic mass is 9.66. The van der Waals surface area contributed by atoms with Gasteiger partial charge in [0.15, 0.2) is 0 Å². The normalized spacial score (nSPS) is 41.1. The van der Waals surface area contributed by atoms with Crippen molar-refractivity contribution in [2.24, 2.45) is 35.5 Å². The number of piperazine rings is 1. The van der Waals surface area contributed by atoms with Crippen LogP contribution in [0.3, 0.4) is 0 Å². The fourth-order valence-corrected chi connectivity index (χ4v) is 17.2. The zero-order valence-corrected chi connectivity index (χ0v) is 24.8. The number of hydrogen-bond donors (Lipinski definition) is 0. The highest BCUT2D eigenvalue weighted by molar-refractivity contribution is 8.21. The second-order valence-corrected chi connectivity index (χ2v) is 18.5. The first-order chi connectivity index (χ1) is 17.6.